The number of carbonyl (C=O) groups is 1. The van der Waals surface area contributed by atoms with E-state index in [1.54, 1.807) is 25.4 Å². The number of aromatic nitrogens is 2. The van der Waals surface area contributed by atoms with Gasteiger partial charge in [0.25, 0.3) is 0 Å². The van der Waals surface area contributed by atoms with Gasteiger partial charge in [0.05, 0.1) is 12.6 Å². The van der Waals surface area contributed by atoms with E-state index in [9.17, 15) is 10.1 Å². The van der Waals surface area contributed by atoms with Crippen LogP contribution >= 0.6 is 0 Å². The Bertz CT molecular complexity index is 562. The maximum atomic E-state index is 12.2. The molecule has 1 amide bonds. The van der Waals surface area contributed by atoms with E-state index in [-0.39, 0.29) is 11.8 Å². The van der Waals surface area contributed by atoms with Crippen LogP contribution in [0, 0.1) is 17.2 Å². The molecule has 0 aliphatic carbocycles. The molecule has 23 heavy (non-hydrogen) atoms. The summed E-state index contributed by atoms with van der Waals surface area (Å²) in [5.41, 5.74) is -0.823. The lowest BCUT2D eigenvalue weighted by Crippen LogP contribution is -2.54. The Hall–Kier alpha value is -2.20. The van der Waals surface area contributed by atoms with E-state index in [1.807, 2.05) is 13.8 Å². The second kappa shape index (κ2) is 7.38. The minimum Gasteiger partial charge on any atom is -0.338 e. The first-order chi connectivity index (χ1) is 10.9. The minimum absolute atomic E-state index is 0.0588. The summed E-state index contributed by atoms with van der Waals surface area (Å²) in [6.07, 6.45) is 3.47. The topological polar surface area (TPSA) is 85.2 Å². The molecule has 124 valence electrons. The Labute approximate surface area is 137 Å². The quantitative estimate of drug-likeness (QED) is 0.858. The highest BCUT2D eigenvalue weighted by Gasteiger charge is 2.30. The van der Waals surface area contributed by atoms with Gasteiger partial charge in [-0.3, -0.25) is 9.69 Å². The van der Waals surface area contributed by atoms with Crippen LogP contribution in [0.4, 0.5) is 5.95 Å². The molecule has 1 atom stereocenters. The number of hydrogen-bond donors (Lipinski definition) is 1. The summed E-state index contributed by atoms with van der Waals surface area (Å²) in [6, 6.07) is 4.00. The Morgan fingerprint density at radius 1 is 1.35 bits per heavy atom. The number of piperazine rings is 1. The molecule has 0 saturated carbocycles. The van der Waals surface area contributed by atoms with Crippen LogP contribution in [0.5, 0.6) is 0 Å². The monoisotopic (exact) mass is 316 g/mol. The van der Waals surface area contributed by atoms with E-state index < -0.39 is 5.54 Å². The highest BCUT2D eigenvalue weighted by molar-refractivity contribution is 5.79. The zero-order valence-electron chi connectivity index (χ0n) is 14.0. The van der Waals surface area contributed by atoms with Crippen molar-refractivity contribution in [1.29, 1.82) is 5.26 Å². The van der Waals surface area contributed by atoms with Crippen LogP contribution in [0.2, 0.25) is 0 Å². The third-order valence-electron chi connectivity index (χ3n) is 4.36. The van der Waals surface area contributed by atoms with Crippen molar-refractivity contribution in [3.63, 3.8) is 0 Å². The summed E-state index contributed by atoms with van der Waals surface area (Å²) in [6.45, 7) is 9.07. The summed E-state index contributed by atoms with van der Waals surface area (Å²) in [5.74, 6) is 0.684. The first kappa shape index (κ1) is 17.2. The Morgan fingerprint density at radius 2 is 1.96 bits per heavy atom. The summed E-state index contributed by atoms with van der Waals surface area (Å²) < 4.78 is 0. The zero-order valence-corrected chi connectivity index (χ0v) is 14.0. The molecule has 1 aliphatic rings. The molecule has 1 fully saturated rings. The van der Waals surface area contributed by atoms with E-state index in [1.165, 1.54) is 0 Å². The van der Waals surface area contributed by atoms with Crippen LogP contribution in [0.15, 0.2) is 18.5 Å². The van der Waals surface area contributed by atoms with Gasteiger partial charge >= 0.3 is 0 Å². The normalized spacial score (nSPS) is 18.3. The van der Waals surface area contributed by atoms with Crippen LogP contribution in [0.3, 0.4) is 0 Å². The third-order valence-corrected chi connectivity index (χ3v) is 4.36. The van der Waals surface area contributed by atoms with Crippen molar-refractivity contribution in [2.75, 3.05) is 37.6 Å². The molecular weight excluding hydrogens is 292 g/mol. The number of hydrogen-bond acceptors (Lipinski definition) is 6. The highest BCUT2D eigenvalue weighted by atomic mass is 16.2. The fraction of sp³-hybridized carbons (Fsp3) is 0.625. The van der Waals surface area contributed by atoms with Gasteiger partial charge < -0.3 is 10.2 Å². The molecule has 0 aromatic carbocycles. The smallest absolute Gasteiger partial charge is 0.235 e. The van der Waals surface area contributed by atoms with Gasteiger partial charge in [0.2, 0.25) is 11.9 Å². The van der Waals surface area contributed by atoms with Crippen LogP contribution in [-0.2, 0) is 4.79 Å². The fourth-order valence-electron chi connectivity index (χ4n) is 2.39. The lowest BCUT2D eigenvalue weighted by molar-refractivity contribution is -0.124. The van der Waals surface area contributed by atoms with Crippen molar-refractivity contribution in [3.05, 3.63) is 18.5 Å². The molecule has 1 aromatic heterocycles. The lowest BCUT2D eigenvalue weighted by atomic mass is 9.90. The summed E-state index contributed by atoms with van der Waals surface area (Å²) in [4.78, 5) is 24.9. The fourth-order valence-corrected chi connectivity index (χ4v) is 2.39. The van der Waals surface area contributed by atoms with Gasteiger partial charge in [-0.05, 0) is 18.9 Å². The van der Waals surface area contributed by atoms with Crippen LogP contribution in [-0.4, -0.2) is 59.0 Å². The largest absolute Gasteiger partial charge is 0.338 e. The van der Waals surface area contributed by atoms with Crippen molar-refractivity contribution in [3.8, 4) is 6.07 Å². The van der Waals surface area contributed by atoms with Gasteiger partial charge in [0, 0.05) is 38.6 Å². The molecule has 1 aliphatic heterocycles. The molecule has 0 spiro atoms. The van der Waals surface area contributed by atoms with Gasteiger partial charge in [-0.2, -0.15) is 5.26 Å². The third kappa shape index (κ3) is 4.39. The number of nitrogens with zero attached hydrogens (tertiary/aromatic N) is 5. The summed E-state index contributed by atoms with van der Waals surface area (Å²) in [7, 11) is 0. The number of nitriles is 1. The van der Waals surface area contributed by atoms with Gasteiger partial charge in [0.15, 0.2) is 0 Å². The van der Waals surface area contributed by atoms with Gasteiger partial charge in [0.1, 0.15) is 5.54 Å². The van der Waals surface area contributed by atoms with Crippen LogP contribution in [0.25, 0.3) is 0 Å². The van der Waals surface area contributed by atoms with Gasteiger partial charge in [-0.25, -0.2) is 9.97 Å². The predicted octanol–water partition coefficient (Wildman–Crippen LogP) is 0.653. The molecule has 1 aromatic rings. The molecule has 1 N–H and O–H groups in total. The van der Waals surface area contributed by atoms with Crippen molar-refractivity contribution < 1.29 is 4.79 Å². The second-order valence-corrected chi connectivity index (χ2v) is 6.33. The predicted molar refractivity (Wildman–Crippen MR) is 87.7 cm³/mol. The molecule has 1 saturated heterocycles. The van der Waals surface area contributed by atoms with E-state index in [0.29, 0.717) is 6.54 Å². The molecule has 2 heterocycles. The molecule has 7 heteroatoms. The standard InChI is InChI=1S/C16H24N6O/c1-13(2)16(3,12-17)20-14(23)11-21-7-9-22(10-8-21)15-18-5-4-6-19-15/h4-6,13H,7-11H2,1-3H3,(H,20,23)/t16-/m1/s1. The molecule has 0 bridgehead atoms. The van der Waals surface area contributed by atoms with Gasteiger partial charge in [-0.1, -0.05) is 13.8 Å². The Balaban J connectivity index is 1.82. The second-order valence-electron chi connectivity index (χ2n) is 6.33. The first-order valence-electron chi connectivity index (χ1n) is 7.91. The maximum absolute atomic E-state index is 12.2. The van der Waals surface area contributed by atoms with E-state index in [2.05, 4.69) is 31.2 Å². The molecule has 0 radical (unpaired) electrons. The van der Waals surface area contributed by atoms with Crippen molar-refractivity contribution in [1.82, 2.24) is 20.2 Å². The average Bonchev–Trinajstić information content (AvgIpc) is 2.56. The van der Waals surface area contributed by atoms with Crippen LogP contribution < -0.4 is 10.2 Å². The molecule has 7 nitrogen and oxygen atoms in total. The average molecular weight is 316 g/mol. The number of nitrogens with one attached hydrogen (secondary N) is 1. The number of rotatable bonds is 5. The van der Waals surface area contributed by atoms with Crippen molar-refractivity contribution in [2.45, 2.75) is 26.3 Å². The SMILES string of the molecule is CC(C)[C@@](C)(C#N)NC(=O)CN1CCN(c2ncccn2)CC1. The lowest BCUT2D eigenvalue weighted by Gasteiger charge is -2.35. The summed E-state index contributed by atoms with van der Waals surface area (Å²) >= 11 is 0. The van der Waals surface area contributed by atoms with Crippen LogP contribution in [0.1, 0.15) is 20.8 Å². The number of amides is 1. The molecule has 0 unspecified atom stereocenters. The number of anilines is 1. The van der Waals surface area contributed by atoms with Gasteiger partial charge in [-0.15, -0.1) is 0 Å². The van der Waals surface area contributed by atoms with E-state index in [4.69, 9.17) is 0 Å². The zero-order chi connectivity index (χ0) is 16.9. The van der Waals surface area contributed by atoms with Crippen molar-refractivity contribution >= 4 is 11.9 Å². The number of carbonyl (C=O) groups excluding carboxylic acids is 1. The highest BCUT2D eigenvalue weighted by Crippen LogP contribution is 2.15. The minimum atomic E-state index is -0.823. The van der Waals surface area contributed by atoms with E-state index >= 15 is 0 Å². The Morgan fingerprint density at radius 3 is 2.48 bits per heavy atom. The first-order valence-corrected chi connectivity index (χ1v) is 7.91. The summed E-state index contributed by atoms with van der Waals surface area (Å²) in [5, 5.41) is 12.1. The maximum Gasteiger partial charge on any atom is 0.235 e. The molecular formula is C16H24N6O. The molecule has 2 rings (SSSR count). The van der Waals surface area contributed by atoms with Crippen molar-refractivity contribution in [2.24, 2.45) is 5.92 Å². The van der Waals surface area contributed by atoms with E-state index in [0.717, 1.165) is 32.1 Å². The Kier molecular flexibility index (Phi) is 5.50.